The van der Waals surface area contributed by atoms with Crippen LogP contribution in [0.25, 0.3) is 22.3 Å². The van der Waals surface area contributed by atoms with Crippen molar-refractivity contribution in [3.63, 3.8) is 0 Å². The van der Waals surface area contributed by atoms with Crippen molar-refractivity contribution in [3.8, 4) is 22.3 Å². The van der Waals surface area contributed by atoms with Gasteiger partial charge >= 0.3 is 0 Å². The molecule has 0 atom stereocenters. The van der Waals surface area contributed by atoms with E-state index in [4.69, 9.17) is 5.73 Å². The van der Waals surface area contributed by atoms with Crippen molar-refractivity contribution < 1.29 is 0 Å². The molecule has 0 spiro atoms. The standard InChI is InChI=1S/C27H25N/c1-27(2,21-12-4-3-5-13-21)22-14-10-11-20(19-22)23-15-6-7-16-24(23)25-17-8-9-18-26(25)28/h3-19H,28H2,1-2H3. The average molecular weight is 364 g/mol. The average Bonchev–Trinajstić information content (AvgIpc) is 2.75. The maximum atomic E-state index is 6.27. The number of benzene rings is 4. The van der Waals surface area contributed by atoms with Gasteiger partial charge in [-0.2, -0.15) is 0 Å². The van der Waals surface area contributed by atoms with Gasteiger partial charge in [0.15, 0.2) is 0 Å². The van der Waals surface area contributed by atoms with E-state index < -0.39 is 0 Å². The van der Waals surface area contributed by atoms with Crippen LogP contribution < -0.4 is 5.73 Å². The molecule has 0 heterocycles. The number of rotatable bonds is 4. The molecule has 4 aromatic rings. The molecule has 0 saturated carbocycles. The van der Waals surface area contributed by atoms with Gasteiger partial charge in [0.25, 0.3) is 0 Å². The lowest BCUT2D eigenvalue weighted by atomic mass is 9.77. The van der Waals surface area contributed by atoms with E-state index in [9.17, 15) is 0 Å². The van der Waals surface area contributed by atoms with Crippen LogP contribution in [-0.4, -0.2) is 0 Å². The molecule has 0 saturated heterocycles. The lowest BCUT2D eigenvalue weighted by Crippen LogP contribution is -2.18. The molecule has 0 aliphatic carbocycles. The van der Waals surface area contributed by atoms with Gasteiger partial charge in [0.1, 0.15) is 0 Å². The van der Waals surface area contributed by atoms with E-state index in [0.29, 0.717) is 0 Å². The summed E-state index contributed by atoms with van der Waals surface area (Å²) < 4.78 is 0. The molecule has 0 aliphatic heterocycles. The fourth-order valence-corrected chi connectivity index (χ4v) is 3.81. The molecule has 1 heteroatoms. The Morgan fingerprint density at radius 3 is 1.82 bits per heavy atom. The first-order chi connectivity index (χ1) is 13.6. The predicted octanol–water partition coefficient (Wildman–Crippen LogP) is 6.93. The quantitative estimate of drug-likeness (QED) is 0.391. The van der Waals surface area contributed by atoms with Crippen LogP contribution in [-0.2, 0) is 5.41 Å². The molecule has 0 aliphatic rings. The van der Waals surface area contributed by atoms with E-state index in [2.05, 4.69) is 98.8 Å². The second-order valence-corrected chi connectivity index (χ2v) is 7.70. The second kappa shape index (κ2) is 7.36. The minimum atomic E-state index is -0.0714. The third-order valence-electron chi connectivity index (χ3n) is 5.57. The fourth-order valence-electron chi connectivity index (χ4n) is 3.81. The van der Waals surface area contributed by atoms with Crippen LogP contribution in [0.3, 0.4) is 0 Å². The molecule has 0 fully saturated rings. The van der Waals surface area contributed by atoms with Crippen molar-refractivity contribution in [1.82, 2.24) is 0 Å². The third-order valence-corrected chi connectivity index (χ3v) is 5.57. The molecule has 4 rings (SSSR count). The summed E-state index contributed by atoms with van der Waals surface area (Å²) in [6.07, 6.45) is 0. The maximum absolute atomic E-state index is 6.27. The zero-order chi connectivity index (χ0) is 19.6. The van der Waals surface area contributed by atoms with Crippen molar-refractivity contribution in [2.45, 2.75) is 19.3 Å². The highest BCUT2D eigenvalue weighted by Gasteiger charge is 2.23. The topological polar surface area (TPSA) is 26.0 Å². The Morgan fingerprint density at radius 1 is 0.536 bits per heavy atom. The summed E-state index contributed by atoms with van der Waals surface area (Å²) in [4.78, 5) is 0. The summed E-state index contributed by atoms with van der Waals surface area (Å²) in [6.45, 7) is 4.56. The molecular formula is C27H25N. The lowest BCUT2D eigenvalue weighted by molar-refractivity contribution is 0.641. The Morgan fingerprint density at radius 2 is 1.11 bits per heavy atom. The molecule has 2 N–H and O–H groups in total. The predicted molar refractivity (Wildman–Crippen MR) is 120 cm³/mol. The maximum Gasteiger partial charge on any atom is 0.0393 e. The van der Waals surface area contributed by atoms with Gasteiger partial charge in [0, 0.05) is 16.7 Å². The van der Waals surface area contributed by atoms with Gasteiger partial charge in [-0.15, -0.1) is 0 Å². The van der Waals surface area contributed by atoms with Crippen molar-refractivity contribution >= 4 is 5.69 Å². The highest BCUT2D eigenvalue weighted by atomic mass is 14.6. The van der Waals surface area contributed by atoms with Crippen molar-refractivity contribution in [1.29, 1.82) is 0 Å². The zero-order valence-corrected chi connectivity index (χ0v) is 16.4. The highest BCUT2D eigenvalue weighted by Crippen LogP contribution is 2.38. The summed E-state index contributed by atoms with van der Waals surface area (Å²) in [6, 6.07) is 36.1. The first-order valence-corrected chi connectivity index (χ1v) is 9.68. The van der Waals surface area contributed by atoms with Gasteiger partial charge in [-0.1, -0.05) is 111 Å². The van der Waals surface area contributed by atoms with Gasteiger partial charge in [-0.3, -0.25) is 0 Å². The SMILES string of the molecule is CC(C)(c1ccccc1)c1cccc(-c2ccccc2-c2ccccc2N)c1. The van der Waals surface area contributed by atoms with E-state index in [-0.39, 0.29) is 5.41 Å². The van der Waals surface area contributed by atoms with E-state index in [1.807, 2.05) is 18.2 Å². The second-order valence-electron chi connectivity index (χ2n) is 7.70. The van der Waals surface area contributed by atoms with Crippen LogP contribution in [0.2, 0.25) is 0 Å². The fraction of sp³-hybridized carbons (Fsp3) is 0.111. The molecule has 0 aromatic heterocycles. The van der Waals surface area contributed by atoms with Gasteiger partial charge < -0.3 is 5.73 Å². The van der Waals surface area contributed by atoms with Gasteiger partial charge in [-0.05, 0) is 33.9 Å². The molecule has 28 heavy (non-hydrogen) atoms. The van der Waals surface area contributed by atoms with Gasteiger partial charge in [0.05, 0.1) is 0 Å². The van der Waals surface area contributed by atoms with Gasteiger partial charge in [-0.25, -0.2) is 0 Å². The smallest absolute Gasteiger partial charge is 0.0393 e. The van der Waals surface area contributed by atoms with Crippen LogP contribution in [0.5, 0.6) is 0 Å². The Labute approximate surface area is 167 Å². The number of para-hydroxylation sites is 1. The normalized spacial score (nSPS) is 11.4. The summed E-state index contributed by atoms with van der Waals surface area (Å²) in [5.41, 5.74) is 14.3. The molecule has 0 radical (unpaired) electrons. The van der Waals surface area contributed by atoms with Crippen LogP contribution in [0, 0.1) is 0 Å². The molecule has 0 unspecified atom stereocenters. The van der Waals surface area contributed by atoms with Crippen molar-refractivity contribution in [3.05, 3.63) is 114 Å². The number of hydrogen-bond acceptors (Lipinski definition) is 1. The molecule has 0 amide bonds. The lowest BCUT2D eigenvalue weighted by Gasteiger charge is -2.27. The molecule has 4 aromatic carbocycles. The molecule has 138 valence electrons. The highest BCUT2D eigenvalue weighted by molar-refractivity contribution is 5.88. The monoisotopic (exact) mass is 363 g/mol. The molecule has 0 bridgehead atoms. The van der Waals surface area contributed by atoms with Crippen LogP contribution in [0.4, 0.5) is 5.69 Å². The van der Waals surface area contributed by atoms with Crippen LogP contribution >= 0.6 is 0 Å². The third kappa shape index (κ3) is 3.32. The van der Waals surface area contributed by atoms with Gasteiger partial charge in [0.2, 0.25) is 0 Å². The summed E-state index contributed by atoms with van der Waals surface area (Å²) in [5.74, 6) is 0. The summed E-state index contributed by atoms with van der Waals surface area (Å²) >= 11 is 0. The number of nitrogen functional groups attached to an aromatic ring is 1. The number of anilines is 1. The van der Waals surface area contributed by atoms with E-state index >= 15 is 0 Å². The van der Waals surface area contributed by atoms with E-state index in [1.165, 1.54) is 22.3 Å². The Bertz CT molecular complexity index is 1090. The van der Waals surface area contributed by atoms with Crippen molar-refractivity contribution in [2.24, 2.45) is 0 Å². The van der Waals surface area contributed by atoms with Crippen LogP contribution in [0.15, 0.2) is 103 Å². The minimum absolute atomic E-state index is 0.0714. The van der Waals surface area contributed by atoms with Crippen molar-refractivity contribution in [2.75, 3.05) is 5.73 Å². The summed E-state index contributed by atoms with van der Waals surface area (Å²) in [7, 11) is 0. The Kier molecular flexibility index (Phi) is 4.75. The number of hydrogen-bond donors (Lipinski definition) is 1. The van der Waals surface area contributed by atoms with E-state index in [0.717, 1.165) is 16.8 Å². The summed E-state index contributed by atoms with van der Waals surface area (Å²) in [5, 5.41) is 0. The largest absolute Gasteiger partial charge is 0.398 e. The Balaban J connectivity index is 1.83. The first kappa shape index (κ1) is 18.1. The Hall–Kier alpha value is -3.32. The minimum Gasteiger partial charge on any atom is -0.398 e. The molecule has 1 nitrogen and oxygen atoms in total. The molecular weight excluding hydrogens is 338 g/mol. The van der Waals surface area contributed by atoms with E-state index in [1.54, 1.807) is 0 Å². The first-order valence-electron chi connectivity index (χ1n) is 9.68. The zero-order valence-electron chi connectivity index (χ0n) is 16.4. The van der Waals surface area contributed by atoms with Crippen LogP contribution in [0.1, 0.15) is 25.0 Å². The number of nitrogens with two attached hydrogens (primary N) is 1.